The van der Waals surface area contributed by atoms with Crippen molar-refractivity contribution in [1.29, 1.82) is 0 Å². The third-order valence-electron chi connectivity index (χ3n) is 4.54. The number of rotatable bonds is 6. The van der Waals surface area contributed by atoms with Crippen molar-refractivity contribution in [2.24, 2.45) is 5.92 Å². The van der Waals surface area contributed by atoms with Crippen molar-refractivity contribution in [3.05, 3.63) is 35.9 Å². The predicted octanol–water partition coefficient (Wildman–Crippen LogP) is 2.43. The Morgan fingerprint density at radius 3 is 2.75 bits per heavy atom. The largest absolute Gasteiger partial charge is 0.394 e. The number of piperidine rings is 1. The minimum atomic E-state index is 0.0446. The first kappa shape index (κ1) is 15.5. The van der Waals surface area contributed by atoms with Crippen molar-refractivity contribution >= 4 is 0 Å². The SMILES string of the molecule is CCN1CCCC(C(C)NC(CO)c2ccccc2)C1. The number of nitrogens with one attached hydrogen (secondary N) is 1. The topological polar surface area (TPSA) is 35.5 Å². The van der Waals surface area contributed by atoms with Crippen LogP contribution in [-0.2, 0) is 0 Å². The van der Waals surface area contributed by atoms with Crippen LogP contribution in [0.15, 0.2) is 30.3 Å². The fourth-order valence-corrected chi connectivity index (χ4v) is 3.18. The molecule has 1 saturated heterocycles. The molecule has 3 nitrogen and oxygen atoms in total. The maximum absolute atomic E-state index is 9.65. The second-order valence-corrected chi connectivity index (χ2v) is 5.90. The van der Waals surface area contributed by atoms with E-state index in [-0.39, 0.29) is 12.6 Å². The summed E-state index contributed by atoms with van der Waals surface area (Å²) in [5, 5.41) is 13.3. The van der Waals surface area contributed by atoms with E-state index in [0.717, 1.165) is 6.54 Å². The second kappa shape index (κ2) is 7.77. The van der Waals surface area contributed by atoms with Gasteiger partial charge in [0.15, 0.2) is 0 Å². The molecule has 0 aliphatic carbocycles. The van der Waals surface area contributed by atoms with Gasteiger partial charge in [-0.25, -0.2) is 0 Å². The lowest BCUT2D eigenvalue weighted by Gasteiger charge is -2.36. The van der Waals surface area contributed by atoms with Gasteiger partial charge in [0, 0.05) is 12.6 Å². The first-order chi connectivity index (χ1) is 9.74. The lowest BCUT2D eigenvalue weighted by atomic mass is 9.90. The van der Waals surface area contributed by atoms with Gasteiger partial charge in [-0.3, -0.25) is 0 Å². The molecule has 1 aromatic carbocycles. The molecule has 20 heavy (non-hydrogen) atoms. The Morgan fingerprint density at radius 1 is 1.35 bits per heavy atom. The van der Waals surface area contributed by atoms with Crippen LogP contribution in [0.25, 0.3) is 0 Å². The molecular formula is C17H28N2O. The molecule has 0 bridgehead atoms. The summed E-state index contributed by atoms with van der Waals surface area (Å²) in [6.07, 6.45) is 2.58. The summed E-state index contributed by atoms with van der Waals surface area (Å²) in [6, 6.07) is 10.7. The number of likely N-dealkylation sites (tertiary alicyclic amines) is 1. The molecule has 3 atom stereocenters. The van der Waals surface area contributed by atoms with Crippen molar-refractivity contribution in [3.8, 4) is 0 Å². The Bertz CT molecular complexity index is 382. The van der Waals surface area contributed by atoms with Gasteiger partial charge in [-0.15, -0.1) is 0 Å². The van der Waals surface area contributed by atoms with E-state index < -0.39 is 0 Å². The first-order valence-corrected chi connectivity index (χ1v) is 7.88. The van der Waals surface area contributed by atoms with E-state index in [0.29, 0.717) is 12.0 Å². The molecule has 0 amide bonds. The molecular weight excluding hydrogens is 248 g/mol. The molecule has 0 spiro atoms. The van der Waals surface area contributed by atoms with Gasteiger partial charge in [0.2, 0.25) is 0 Å². The molecule has 1 heterocycles. The number of benzene rings is 1. The minimum Gasteiger partial charge on any atom is -0.394 e. The lowest BCUT2D eigenvalue weighted by Crippen LogP contribution is -2.45. The van der Waals surface area contributed by atoms with Crippen molar-refractivity contribution in [2.75, 3.05) is 26.2 Å². The molecule has 0 radical (unpaired) electrons. The highest BCUT2D eigenvalue weighted by Gasteiger charge is 2.25. The van der Waals surface area contributed by atoms with E-state index in [1.807, 2.05) is 18.2 Å². The van der Waals surface area contributed by atoms with Gasteiger partial charge in [-0.1, -0.05) is 37.3 Å². The van der Waals surface area contributed by atoms with E-state index in [1.165, 1.54) is 31.5 Å². The lowest BCUT2D eigenvalue weighted by molar-refractivity contribution is 0.143. The molecule has 0 saturated carbocycles. The van der Waals surface area contributed by atoms with Crippen LogP contribution in [0, 0.1) is 5.92 Å². The monoisotopic (exact) mass is 276 g/mol. The molecule has 3 unspecified atom stereocenters. The summed E-state index contributed by atoms with van der Waals surface area (Å²) < 4.78 is 0. The first-order valence-electron chi connectivity index (χ1n) is 7.88. The Kier molecular flexibility index (Phi) is 6.02. The molecule has 1 fully saturated rings. The Morgan fingerprint density at radius 2 is 2.10 bits per heavy atom. The zero-order valence-corrected chi connectivity index (χ0v) is 12.8. The maximum Gasteiger partial charge on any atom is 0.0626 e. The van der Waals surface area contributed by atoms with Crippen LogP contribution < -0.4 is 5.32 Å². The normalized spacial score (nSPS) is 23.4. The highest BCUT2D eigenvalue weighted by atomic mass is 16.3. The van der Waals surface area contributed by atoms with Crippen molar-refractivity contribution < 1.29 is 5.11 Å². The zero-order valence-electron chi connectivity index (χ0n) is 12.8. The van der Waals surface area contributed by atoms with Crippen LogP contribution in [0.1, 0.15) is 38.3 Å². The number of hydrogen-bond acceptors (Lipinski definition) is 3. The minimum absolute atomic E-state index is 0.0446. The van der Waals surface area contributed by atoms with Gasteiger partial charge in [0.1, 0.15) is 0 Å². The Hall–Kier alpha value is -0.900. The zero-order chi connectivity index (χ0) is 14.4. The highest BCUT2D eigenvalue weighted by molar-refractivity contribution is 5.19. The molecule has 0 aromatic heterocycles. The average Bonchev–Trinajstić information content (AvgIpc) is 2.53. The summed E-state index contributed by atoms with van der Waals surface area (Å²) in [4.78, 5) is 2.53. The summed E-state index contributed by atoms with van der Waals surface area (Å²) in [7, 11) is 0. The molecule has 1 aliphatic heterocycles. The van der Waals surface area contributed by atoms with Gasteiger partial charge in [-0.2, -0.15) is 0 Å². The number of nitrogens with zero attached hydrogens (tertiary/aromatic N) is 1. The van der Waals surface area contributed by atoms with E-state index in [4.69, 9.17) is 0 Å². The summed E-state index contributed by atoms with van der Waals surface area (Å²) in [6.45, 7) is 8.21. The van der Waals surface area contributed by atoms with Crippen LogP contribution in [0.3, 0.4) is 0 Å². The van der Waals surface area contributed by atoms with Crippen LogP contribution in [0.4, 0.5) is 0 Å². The molecule has 3 heteroatoms. The standard InChI is InChI=1S/C17H28N2O/c1-3-19-11-7-10-16(12-19)14(2)18-17(13-20)15-8-5-4-6-9-15/h4-6,8-9,14,16-18,20H,3,7,10-13H2,1-2H3. The van der Waals surface area contributed by atoms with Gasteiger partial charge in [-0.05, 0) is 44.3 Å². The maximum atomic E-state index is 9.65. The number of hydrogen-bond donors (Lipinski definition) is 2. The Balaban J connectivity index is 1.93. The summed E-state index contributed by atoms with van der Waals surface area (Å²) in [5.74, 6) is 0.682. The van der Waals surface area contributed by atoms with Gasteiger partial charge >= 0.3 is 0 Å². The van der Waals surface area contributed by atoms with E-state index in [1.54, 1.807) is 0 Å². The van der Waals surface area contributed by atoms with Gasteiger partial charge < -0.3 is 15.3 Å². The quantitative estimate of drug-likeness (QED) is 0.837. The van der Waals surface area contributed by atoms with Crippen LogP contribution in [0.2, 0.25) is 0 Å². The van der Waals surface area contributed by atoms with Crippen molar-refractivity contribution in [2.45, 2.75) is 38.8 Å². The Labute approximate surface area is 123 Å². The molecule has 2 rings (SSSR count). The predicted molar refractivity (Wildman–Crippen MR) is 83.7 cm³/mol. The molecule has 2 N–H and O–H groups in total. The fourth-order valence-electron chi connectivity index (χ4n) is 3.18. The fraction of sp³-hybridized carbons (Fsp3) is 0.647. The molecule has 1 aliphatic rings. The van der Waals surface area contributed by atoms with Crippen molar-refractivity contribution in [1.82, 2.24) is 10.2 Å². The summed E-state index contributed by atoms with van der Waals surface area (Å²) >= 11 is 0. The smallest absolute Gasteiger partial charge is 0.0626 e. The average molecular weight is 276 g/mol. The third kappa shape index (κ3) is 4.05. The van der Waals surface area contributed by atoms with Crippen molar-refractivity contribution in [3.63, 3.8) is 0 Å². The van der Waals surface area contributed by atoms with Crippen LogP contribution in [0.5, 0.6) is 0 Å². The van der Waals surface area contributed by atoms with Gasteiger partial charge in [0.25, 0.3) is 0 Å². The molecule has 1 aromatic rings. The third-order valence-corrected chi connectivity index (χ3v) is 4.54. The number of aliphatic hydroxyl groups is 1. The number of aliphatic hydroxyl groups excluding tert-OH is 1. The van der Waals surface area contributed by atoms with Crippen LogP contribution in [-0.4, -0.2) is 42.3 Å². The summed E-state index contributed by atoms with van der Waals surface area (Å²) in [5.41, 5.74) is 1.17. The van der Waals surface area contributed by atoms with Gasteiger partial charge in [0.05, 0.1) is 12.6 Å². The van der Waals surface area contributed by atoms with E-state index in [2.05, 4.69) is 36.2 Å². The van der Waals surface area contributed by atoms with E-state index >= 15 is 0 Å². The van der Waals surface area contributed by atoms with Crippen LogP contribution >= 0.6 is 0 Å². The molecule has 112 valence electrons. The van der Waals surface area contributed by atoms with E-state index in [9.17, 15) is 5.11 Å². The highest BCUT2D eigenvalue weighted by Crippen LogP contribution is 2.22. The second-order valence-electron chi connectivity index (χ2n) is 5.90.